The van der Waals surface area contributed by atoms with Crippen LogP contribution in [0.4, 0.5) is 13.2 Å². The summed E-state index contributed by atoms with van der Waals surface area (Å²) >= 11 is 0. The second kappa shape index (κ2) is 4.07. The maximum Gasteiger partial charge on any atom is 0.417 e. The fraction of sp³-hybridized carbons (Fsp3) is 0.100. The molecule has 0 atom stereocenters. The van der Waals surface area contributed by atoms with Gasteiger partial charge in [0.15, 0.2) is 0 Å². The molecule has 0 amide bonds. The van der Waals surface area contributed by atoms with Crippen LogP contribution in [0.25, 0.3) is 10.9 Å². The van der Waals surface area contributed by atoms with E-state index in [0.29, 0.717) is 6.07 Å². The van der Waals surface area contributed by atoms with Gasteiger partial charge in [0, 0.05) is 11.6 Å². The molecule has 0 spiro atoms. The molecular formula is C10H7F3N2O3S. The Morgan fingerprint density at radius 1 is 1.16 bits per heavy atom. The van der Waals surface area contributed by atoms with Crippen molar-refractivity contribution in [3.05, 3.63) is 40.2 Å². The zero-order valence-corrected chi connectivity index (χ0v) is 9.97. The van der Waals surface area contributed by atoms with E-state index in [9.17, 15) is 26.4 Å². The number of sulfonamides is 1. The highest BCUT2D eigenvalue weighted by atomic mass is 32.2. The molecule has 0 fully saturated rings. The van der Waals surface area contributed by atoms with Gasteiger partial charge in [0.05, 0.1) is 10.5 Å². The Labute approximate surface area is 104 Å². The zero-order chi connectivity index (χ0) is 14.4. The van der Waals surface area contributed by atoms with Gasteiger partial charge in [0.1, 0.15) is 0 Å². The largest absolute Gasteiger partial charge is 0.417 e. The molecule has 2 rings (SSSR count). The average Bonchev–Trinajstić information content (AvgIpc) is 2.24. The highest BCUT2D eigenvalue weighted by Gasteiger charge is 2.36. The molecule has 0 saturated carbocycles. The molecule has 1 aromatic carbocycles. The fourth-order valence-corrected chi connectivity index (χ4v) is 2.41. The first-order chi connectivity index (χ1) is 8.59. The second-order valence-corrected chi connectivity index (χ2v) is 5.33. The normalized spacial score (nSPS) is 12.8. The Bertz CT molecular complexity index is 809. The van der Waals surface area contributed by atoms with Crippen molar-refractivity contribution in [2.45, 2.75) is 11.1 Å². The number of aromatic amines is 1. The molecule has 5 nitrogen and oxygen atoms in total. The average molecular weight is 292 g/mol. The third-order valence-corrected chi connectivity index (χ3v) is 3.39. The Morgan fingerprint density at radius 2 is 1.79 bits per heavy atom. The summed E-state index contributed by atoms with van der Waals surface area (Å²) in [4.78, 5) is 12.2. The van der Waals surface area contributed by atoms with Crippen molar-refractivity contribution in [3.63, 3.8) is 0 Å². The van der Waals surface area contributed by atoms with Gasteiger partial charge in [-0.15, -0.1) is 0 Å². The maximum atomic E-state index is 12.8. The van der Waals surface area contributed by atoms with Crippen LogP contribution >= 0.6 is 0 Å². The Kier molecular flexibility index (Phi) is 2.90. The Balaban J connectivity index is 2.94. The van der Waals surface area contributed by atoms with Crippen LogP contribution in [-0.2, 0) is 16.2 Å². The van der Waals surface area contributed by atoms with E-state index in [1.807, 2.05) is 0 Å². The number of pyridine rings is 1. The molecular weight excluding hydrogens is 285 g/mol. The van der Waals surface area contributed by atoms with Crippen LogP contribution in [-0.4, -0.2) is 13.4 Å². The number of benzene rings is 1. The van der Waals surface area contributed by atoms with Crippen LogP contribution in [0.15, 0.2) is 34.0 Å². The molecule has 1 aromatic heterocycles. The summed E-state index contributed by atoms with van der Waals surface area (Å²) in [5, 5.41) is 4.91. The molecule has 0 bridgehead atoms. The van der Waals surface area contributed by atoms with E-state index in [1.54, 1.807) is 0 Å². The maximum absolute atomic E-state index is 12.8. The molecule has 0 aliphatic heterocycles. The number of alkyl halides is 3. The first-order valence-corrected chi connectivity index (χ1v) is 6.41. The predicted molar refractivity (Wildman–Crippen MR) is 60.9 cm³/mol. The summed E-state index contributed by atoms with van der Waals surface area (Å²) in [6.45, 7) is 0. The molecule has 0 saturated heterocycles. The molecule has 0 radical (unpaired) electrons. The van der Waals surface area contributed by atoms with Crippen molar-refractivity contribution >= 4 is 20.9 Å². The molecule has 1 heterocycles. The number of hydrogen-bond donors (Lipinski definition) is 2. The highest BCUT2D eigenvalue weighted by molar-refractivity contribution is 7.89. The monoisotopic (exact) mass is 292 g/mol. The van der Waals surface area contributed by atoms with Crippen LogP contribution in [0.2, 0.25) is 0 Å². The van der Waals surface area contributed by atoms with Crippen LogP contribution < -0.4 is 10.7 Å². The minimum absolute atomic E-state index is 0.118. The number of halogens is 3. The van der Waals surface area contributed by atoms with Gasteiger partial charge < -0.3 is 4.98 Å². The first-order valence-electron chi connectivity index (χ1n) is 4.86. The van der Waals surface area contributed by atoms with Gasteiger partial charge in [-0.3, -0.25) is 4.79 Å². The number of nitrogens with one attached hydrogen (secondary N) is 1. The summed E-state index contributed by atoms with van der Waals surface area (Å²) < 4.78 is 60.8. The van der Waals surface area contributed by atoms with E-state index in [1.165, 1.54) is 6.07 Å². The van der Waals surface area contributed by atoms with Crippen molar-refractivity contribution in [3.8, 4) is 0 Å². The van der Waals surface area contributed by atoms with Crippen molar-refractivity contribution in [2.75, 3.05) is 0 Å². The van der Waals surface area contributed by atoms with E-state index in [2.05, 4.69) is 4.98 Å². The third kappa shape index (κ3) is 2.61. The van der Waals surface area contributed by atoms with E-state index in [-0.39, 0.29) is 10.9 Å². The lowest BCUT2D eigenvalue weighted by atomic mass is 10.1. The van der Waals surface area contributed by atoms with E-state index >= 15 is 0 Å². The quantitative estimate of drug-likeness (QED) is 0.827. The lowest BCUT2D eigenvalue weighted by Crippen LogP contribution is -2.19. The van der Waals surface area contributed by atoms with E-state index < -0.39 is 32.2 Å². The van der Waals surface area contributed by atoms with Gasteiger partial charge >= 0.3 is 6.18 Å². The SMILES string of the molecule is NS(=O)(=O)c1cc2ccc(=O)[nH]c2cc1C(F)(F)F. The molecule has 0 unspecified atom stereocenters. The van der Waals surface area contributed by atoms with Crippen LogP contribution in [0, 0.1) is 0 Å². The molecule has 19 heavy (non-hydrogen) atoms. The van der Waals surface area contributed by atoms with Gasteiger partial charge in [0.2, 0.25) is 15.6 Å². The fourth-order valence-electron chi connectivity index (χ4n) is 1.64. The standard InChI is InChI=1S/C10H7F3N2O3S/c11-10(12,13)6-4-7-5(1-2-9(16)15-7)3-8(6)19(14,17)18/h1-4H,(H,15,16)(H2,14,17,18). The minimum Gasteiger partial charge on any atom is -0.322 e. The molecule has 9 heteroatoms. The smallest absolute Gasteiger partial charge is 0.322 e. The number of aromatic nitrogens is 1. The second-order valence-electron chi connectivity index (χ2n) is 3.80. The van der Waals surface area contributed by atoms with E-state index in [4.69, 9.17) is 5.14 Å². The van der Waals surface area contributed by atoms with Crippen molar-refractivity contribution in [1.29, 1.82) is 0 Å². The molecule has 3 N–H and O–H groups in total. The number of nitrogens with two attached hydrogens (primary N) is 1. The Morgan fingerprint density at radius 3 is 2.32 bits per heavy atom. The van der Waals surface area contributed by atoms with Gasteiger partial charge in [-0.1, -0.05) is 0 Å². The van der Waals surface area contributed by atoms with Gasteiger partial charge in [-0.2, -0.15) is 13.2 Å². The van der Waals surface area contributed by atoms with Crippen molar-refractivity contribution in [1.82, 2.24) is 4.98 Å². The third-order valence-electron chi connectivity index (χ3n) is 2.44. The van der Waals surface area contributed by atoms with Crippen molar-refractivity contribution < 1.29 is 21.6 Å². The Hall–Kier alpha value is -1.87. The van der Waals surface area contributed by atoms with Gasteiger partial charge in [0.25, 0.3) is 0 Å². The summed E-state index contributed by atoms with van der Waals surface area (Å²) in [7, 11) is -4.53. The number of primary sulfonamides is 1. The van der Waals surface area contributed by atoms with Crippen LogP contribution in [0.1, 0.15) is 5.56 Å². The topological polar surface area (TPSA) is 93.0 Å². The number of H-pyrrole nitrogens is 1. The van der Waals surface area contributed by atoms with Crippen LogP contribution in [0.3, 0.4) is 0 Å². The lowest BCUT2D eigenvalue weighted by molar-refractivity contribution is -0.139. The lowest BCUT2D eigenvalue weighted by Gasteiger charge is -2.12. The van der Waals surface area contributed by atoms with Crippen molar-refractivity contribution in [2.24, 2.45) is 5.14 Å². The van der Waals surface area contributed by atoms with E-state index in [0.717, 1.165) is 12.1 Å². The van der Waals surface area contributed by atoms with Gasteiger partial charge in [-0.25, -0.2) is 13.6 Å². The summed E-state index contributed by atoms with van der Waals surface area (Å²) in [5.41, 5.74) is -2.12. The number of rotatable bonds is 1. The first kappa shape index (κ1) is 13.6. The molecule has 0 aliphatic carbocycles. The van der Waals surface area contributed by atoms with Crippen LogP contribution in [0.5, 0.6) is 0 Å². The number of hydrogen-bond acceptors (Lipinski definition) is 3. The summed E-state index contributed by atoms with van der Waals surface area (Å²) in [6, 6.07) is 3.62. The zero-order valence-electron chi connectivity index (χ0n) is 9.15. The highest BCUT2D eigenvalue weighted by Crippen LogP contribution is 2.35. The summed E-state index contributed by atoms with van der Waals surface area (Å²) in [6.07, 6.45) is -4.90. The predicted octanol–water partition coefficient (Wildman–Crippen LogP) is 1.19. The summed E-state index contributed by atoms with van der Waals surface area (Å²) in [5.74, 6) is 0. The molecule has 102 valence electrons. The molecule has 2 aromatic rings. The minimum atomic E-state index is -4.90. The number of fused-ring (bicyclic) bond motifs is 1. The van der Waals surface area contributed by atoms with Gasteiger partial charge in [-0.05, 0) is 23.6 Å². The molecule has 0 aliphatic rings.